The molecule has 0 spiro atoms. The molecule has 0 aliphatic heterocycles. The lowest BCUT2D eigenvalue weighted by Crippen LogP contribution is -2.18. The molecule has 3 nitrogen and oxygen atoms in total. The van der Waals surface area contributed by atoms with E-state index in [1.54, 1.807) is 14.2 Å². The van der Waals surface area contributed by atoms with Gasteiger partial charge in [0.1, 0.15) is 11.5 Å². The van der Waals surface area contributed by atoms with Crippen LogP contribution in [0.1, 0.15) is 31.4 Å². The average molecular weight is 237 g/mol. The first-order valence-corrected chi connectivity index (χ1v) is 6.11. The molecule has 3 heteroatoms. The second-order valence-corrected chi connectivity index (χ2v) is 4.41. The van der Waals surface area contributed by atoms with E-state index in [0.717, 1.165) is 41.9 Å². The zero-order chi connectivity index (χ0) is 12.8. The highest BCUT2D eigenvalue weighted by atomic mass is 16.5. The van der Waals surface area contributed by atoms with Crippen LogP contribution in [0.15, 0.2) is 12.1 Å². The van der Waals surface area contributed by atoms with Crippen molar-refractivity contribution in [3.05, 3.63) is 23.3 Å². The summed E-state index contributed by atoms with van der Waals surface area (Å²) in [5.74, 6) is 1.81. The largest absolute Gasteiger partial charge is 0.496 e. The molecule has 1 aromatic carbocycles. The monoisotopic (exact) mass is 237 g/mol. The highest BCUT2D eigenvalue weighted by Crippen LogP contribution is 2.32. The van der Waals surface area contributed by atoms with Crippen molar-refractivity contribution in [2.24, 2.45) is 5.73 Å². The number of methoxy groups -OCH3 is 2. The Morgan fingerprint density at radius 2 is 1.71 bits per heavy atom. The number of hydrogen-bond acceptors (Lipinski definition) is 3. The third-order valence-electron chi connectivity index (χ3n) is 2.73. The minimum atomic E-state index is 0.140. The number of benzene rings is 1. The van der Waals surface area contributed by atoms with Crippen LogP contribution in [0.3, 0.4) is 0 Å². The van der Waals surface area contributed by atoms with E-state index in [2.05, 4.69) is 19.1 Å². The van der Waals surface area contributed by atoms with Gasteiger partial charge in [0.2, 0.25) is 0 Å². The highest BCUT2D eigenvalue weighted by molar-refractivity contribution is 5.48. The Kier molecular flexibility index (Phi) is 5.29. The number of nitrogens with two attached hydrogens (primary N) is 1. The molecule has 0 heterocycles. The Morgan fingerprint density at radius 1 is 1.18 bits per heavy atom. The molecule has 0 bridgehead atoms. The first kappa shape index (κ1) is 13.8. The van der Waals surface area contributed by atoms with Crippen LogP contribution in [-0.2, 0) is 12.8 Å². The molecule has 1 unspecified atom stereocenters. The first-order valence-electron chi connectivity index (χ1n) is 6.11. The van der Waals surface area contributed by atoms with Crippen LogP contribution in [0.25, 0.3) is 0 Å². The topological polar surface area (TPSA) is 44.5 Å². The van der Waals surface area contributed by atoms with Crippen molar-refractivity contribution in [1.82, 2.24) is 0 Å². The van der Waals surface area contributed by atoms with Gasteiger partial charge in [-0.1, -0.05) is 13.3 Å². The van der Waals surface area contributed by atoms with Gasteiger partial charge in [0.25, 0.3) is 0 Å². The van der Waals surface area contributed by atoms with E-state index in [1.165, 1.54) is 0 Å². The number of rotatable bonds is 6. The van der Waals surface area contributed by atoms with E-state index in [-0.39, 0.29) is 6.04 Å². The van der Waals surface area contributed by atoms with Crippen molar-refractivity contribution in [2.45, 2.75) is 39.2 Å². The molecule has 0 radical (unpaired) electrons. The summed E-state index contributed by atoms with van der Waals surface area (Å²) in [6.45, 7) is 4.15. The van der Waals surface area contributed by atoms with Crippen molar-refractivity contribution < 1.29 is 9.47 Å². The van der Waals surface area contributed by atoms with E-state index in [4.69, 9.17) is 15.2 Å². The molecule has 1 aromatic rings. The van der Waals surface area contributed by atoms with E-state index < -0.39 is 0 Å². The summed E-state index contributed by atoms with van der Waals surface area (Å²) in [6.07, 6.45) is 2.86. The van der Waals surface area contributed by atoms with Gasteiger partial charge in [0, 0.05) is 11.6 Å². The van der Waals surface area contributed by atoms with Crippen molar-refractivity contribution in [3.63, 3.8) is 0 Å². The molecule has 0 fully saturated rings. The van der Waals surface area contributed by atoms with Crippen LogP contribution in [0.5, 0.6) is 11.5 Å². The fourth-order valence-electron chi connectivity index (χ4n) is 2.02. The molecular weight excluding hydrogens is 214 g/mol. The van der Waals surface area contributed by atoms with Gasteiger partial charge in [0.05, 0.1) is 14.2 Å². The Balaban J connectivity index is 3.13. The SMILES string of the molecule is CCCc1c(OC)cc(CC(C)N)cc1OC. The summed E-state index contributed by atoms with van der Waals surface area (Å²) < 4.78 is 10.9. The Morgan fingerprint density at radius 3 is 2.06 bits per heavy atom. The van der Waals surface area contributed by atoms with Gasteiger partial charge in [-0.25, -0.2) is 0 Å². The zero-order valence-corrected chi connectivity index (χ0v) is 11.2. The molecule has 17 heavy (non-hydrogen) atoms. The second kappa shape index (κ2) is 6.50. The maximum Gasteiger partial charge on any atom is 0.126 e. The van der Waals surface area contributed by atoms with Crippen LogP contribution in [-0.4, -0.2) is 20.3 Å². The molecule has 0 aliphatic carbocycles. The molecule has 1 atom stereocenters. The standard InChI is InChI=1S/C14H23NO2/c1-5-6-12-13(16-3)8-11(7-10(2)15)9-14(12)17-4/h8-10H,5-7,15H2,1-4H3. The van der Waals surface area contributed by atoms with Crippen LogP contribution < -0.4 is 15.2 Å². The summed E-state index contributed by atoms with van der Waals surface area (Å²) in [5, 5.41) is 0. The summed E-state index contributed by atoms with van der Waals surface area (Å²) >= 11 is 0. The third-order valence-corrected chi connectivity index (χ3v) is 2.73. The van der Waals surface area contributed by atoms with Crippen molar-refractivity contribution in [2.75, 3.05) is 14.2 Å². The minimum absolute atomic E-state index is 0.140. The summed E-state index contributed by atoms with van der Waals surface area (Å²) in [5.41, 5.74) is 8.13. The number of hydrogen-bond donors (Lipinski definition) is 1. The first-order chi connectivity index (χ1) is 8.12. The fraction of sp³-hybridized carbons (Fsp3) is 0.571. The maximum absolute atomic E-state index is 5.82. The molecule has 0 saturated heterocycles. The van der Waals surface area contributed by atoms with E-state index in [0.29, 0.717) is 0 Å². The summed E-state index contributed by atoms with van der Waals surface area (Å²) in [4.78, 5) is 0. The van der Waals surface area contributed by atoms with Crippen LogP contribution in [0.2, 0.25) is 0 Å². The summed E-state index contributed by atoms with van der Waals surface area (Å²) in [6, 6.07) is 4.27. The van der Waals surface area contributed by atoms with Crippen molar-refractivity contribution in [3.8, 4) is 11.5 Å². The van der Waals surface area contributed by atoms with Crippen LogP contribution in [0, 0.1) is 0 Å². The molecular formula is C14H23NO2. The number of ether oxygens (including phenoxy) is 2. The molecule has 0 aliphatic rings. The predicted molar refractivity (Wildman–Crippen MR) is 70.9 cm³/mol. The average Bonchev–Trinajstić information content (AvgIpc) is 2.30. The molecule has 0 saturated carbocycles. The highest BCUT2D eigenvalue weighted by Gasteiger charge is 2.12. The molecule has 96 valence electrons. The lowest BCUT2D eigenvalue weighted by Gasteiger charge is -2.15. The van der Waals surface area contributed by atoms with Gasteiger partial charge in [-0.2, -0.15) is 0 Å². The van der Waals surface area contributed by atoms with Gasteiger partial charge in [0.15, 0.2) is 0 Å². The van der Waals surface area contributed by atoms with Crippen LogP contribution >= 0.6 is 0 Å². The third kappa shape index (κ3) is 3.63. The molecule has 0 amide bonds. The maximum atomic E-state index is 5.82. The van der Waals surface area contributed by atoms with Crippen molar-refractivity contribution in [1.29, 1.82) is 0 Å². The fourth-order valence-corrected chi connectivity index (χ4v) is 2.02. The Labute approximate surface area is 104 Å². The van der Waals surface area contributed by atoms with E-state index in [1.807, 2.05) is 6.92 Å². The van der Waals surface area contributed by atoms with Gasteiger partial charge >= 0.3 is 0 Å². The minimum Gasteiger partial charge on any atom is -0.496 e. The second-order valence-electron chi connectivity index (χ2n) is 4.41. The summed E-state index contributed by atoms with van der Waals surface area (Å²) in [7, 11) is 3.40. The molecule has 2 N–H and O–H groups in total. The molecule has 0 aromatic heterocycles. The lowest BCUT2D eigenvalue weighted by atomic mass is 10.0. The van der Waals surface area contributed by atoms with E-state index >= 15 is 0 Å². The van der Waals surface area contributed by atoms with E-state index in [9.17, 15) is 0 Å². The van der Waals surface area contributed by atoms with Crippen molar-refractivity contribution >= 4 is 0 Å². The molecule has 1 rings (SSSR count). The van der Waals surface area contributed by atoms with Gasteiger partial charge in [-0.15, -0.1) is 0 Å². The van der Waals surface area contributed by atoms with Gasteiger partial charge < -0.3 is 15.2 Å². The van der Waals surface area contributed by atoms with Gasteiger partial charge in [-0.05, 0) is 37.5 Å². The van der Waals surface area contributed by atoms with Crippen LogP contribution in [0.4, 0.5) is 0 Å². The lowest BCUT2D eigenvalue weighted by molar-refractivity contribution is 0.384. The zero-order valence-electron chi connectivity index (χ0n) is 11.2. The normalized spacial score (nSPS) is 12.3. The quantitative estimate of drug-likeness (QED) is 0.827. The van der Waals surface area contributed by atoms with Gasteiger partial charge in [-0.3, -0.25) is 0 Å². The Bertz CT molecular complexity index is 336. The Hall–Kier alpha value is -1.22. The predicted octanol–water partition coefficient (Wildman–Crippen LogP) is 2.55. The smallest absolute Gasteiger partial charge is 0.126 e.